The average Bonchev–Trinajstić information content (AvgIpc) is 3.35. The molecular weight excluding hydrogens is 436 g/mol. The van der Waals surface area contributed by atoms with E-state index in [4.69, 9.17) is 11.6 Å². The van der Waals surface area contributed by atoms with Crippen LogP contribution in [0.5, 0.6) is 0 Å². The van der Waals surface area contributed by atoms with Gasteiger partial charge in [-0.1, -0.05) is 35.9 Å². The minimum Gasteiger partial charge on any atom is -0.308 e. The Balaban J connectivity index is 1.53. The van der Waals surface area contributed by atoms with Crippen LogP contribution in [0.4, 0.5) is 5.69 Å². The Kier molecular flexibility index (Phi) is 4.95. The van der Waals surface area contributed by atoms with Crippen LogP contribution in [-0.2, 0) is 14.8 Å². The molecule has 1 aliphatic carbocycles. The summed E-state index contributed by atoms with van der Waals surface area (Å²) >= 11 is 6.00. The van der Waals surface area contributed by atoms with Crippen molar-refractivity contribution in [2.24, 2.45) is 5.92 Å². The second-order valence-electron chi connectivity index (χ2n) is 6.48. The third-order valence-electron chi connectivity index (χ3n) is 4.66. The second kappa shape index (κ2) is 7.46. The number of benzene rings is 1. The molecule has 0 saturated heterocycles. The van der Waals surface area contributed by atoms with E-state index in [1.165, 1.54) is 24.8 Å². The first-order chi connectivity index (χ1) is 14.3. The topological polar surface area (TPSA) is 150 Å². The van der Waals surface area contributed by atoms with Crippen molar-refractivity contribution in [1.29, 1.82) is 0 Å². The zero-order valence-corrected chi connectivity index (χ0v) is 16.6. The van der Waals surface area contributed by atoms with E-state index in [1.54, 1.807) is 16.7 Å². The monoisotopic (exact) mass is 448 g/mol. The van der Waals surface area contributed by atoms with E-state index < -0.39 is 37.4 Å². The quantitative estimate of drug-likeness (QED) is 0.269. The molecule has 0 spiro atoms. The van der Waals surface area contributed by atoms with Crippen molar-refractivity contribution in [3.8, 4) is 0 Å². The number of nitrogens with zero attached hydrogens (tertiary/aromatic N) is 5. The molecule has 13 heteroatoms. The predicted octanol–water partition coefficient (Wildman–Crippen LogP) is 2.01. The van der Waals surface area contributed by atoms with Crippen LogP contribution in [0.15, 0.2) is 54.0 Å². The van der Waals surface area contributed by atoms with E-state index in [9.17, 15) is 23.3 Å². The van der Waals surface area contributed by atoms with Crippen LogP contribution < -0.4 is 4.72 Å². The van der Waals surface area contributed by atoms with Crippen molar-refractivity contribution in [2.75, 3.05) is 0 Å². The van der Waals surface area contributed by atoms with Gasteiger partial charge >= 0.3 is 0 Å². The molecule has 0 saturated carbocycles. The van der Waals surface area contributed by atoms with Gasteiger partial charge in [0.15, 0.2) is 15.7 Å². The van der Waals surface area contributed by atoms with E-state index in [2.05, 4.69) is 15.0 Å². The lowest BCUT2D eigenvalue weighted by Gasteiger charge is -2.14. The SMILES string of the molecule is O=C(NS(=O)(=O)c1ccccc1[N+](=O)[O-])[C@@H]1C=C[C@H](n2cnc3c(Cl)ncnc32)C1. The Bertz CT molecular complexity index is 1300. The summed E-state index contributed by atoms with van der Waals surface area (Å²) in [6.07, 6.45) is 6.38. The number of imidazole rings is 1. The fourth-order valence-electron chi connectivity index (χ4n) is 3.24. The number of carbonyl (C=O) groups excluding carboxylic acids is 1. The lowest BCUT2D eigenvalue weighted by atomic mass is 10.1. The van der Waals surface area contributed by atoms with Gasteiger partial charge in [-0.3, -0.25) is 14.9 Å². The maximum Gasteiger partial charge on any atom is 0.289 e. The maximum atomic E-state index is 12.6. The molecule has 2 aromatic heterocycles. The highest BCUT2D eigenvalue weighted by Gasteiger charge is 2.32. The highest BCUT2D eigenvalue weighted by atomic mass is 35.5. The summed E-state index contributed by atoms with van der Waals surface area (Å²) in [7, 11) is -4.42. The van der Waals surface area contributed by atoms with Gasteiger partial charge in [-0.2, -0.15) is 0 Å². The van der Waals surface area contributed by atoms with Gasteiger partial charge in [0.05, 0.1) is 23.2 Å². The highest BCUT2D eigenvalue weighted by Crippen LogP contribution is 2.31. The van der Waals surface area contributed by atoms with Gasteiger partial charge in [0.1, 0.15) is 11.8 Å². The van der Waals surface area contributed by atoms with E-state index in [1.807, 2.05) is 4.72 Å². The highest BCUT2D eigenvalue weighted by molar-refractivity contribution is 7.90. The number of para-hydroxylation sites is 1. The van der Waals surface area contributed by atoms with Crippen molar-refractivity contribution in [3.63, 3.8) is 0 Å². The third kappa shape index (κ3) is 3.50. The summed E-state index contributed by atoms with van der Waals surface area (Å²) < 4.78 is 28.7. The molecule has 30 heavy (non-hydrogen) atoms. The van der Waals surface area contributed by atoms with Gasteiger partial charge in [-0.25, -0.2) is 28.1 Å². The van der Waals surface area contributed by atoms with Crippen LogP contribution in [0.1, 0.15) is 12.5 Å². The van der Waals surface area contributed by atoms with Crippen LogP contribution >= 0.6 is 11.6 Å². The van der Waals surface area contributed by atoms with Crippen LogP contribution in [0.2, 0.25) is 5.15 Å². The fourth-order valence-corrected chi connectivity index (χ4v) is 4.62. The molecule has 3 aromatic rings. The molecule has 4 rings (SSSR count). The molecule has 1 aliphatic rings. The minimum absolute atomic E-state index is 0.200. The number of carbonyl (C=O) groups is 1. The second-order valence-corrected chi connectivity index (χ2v) is 8.49. The molecule has 154 valence electrons. The van der Waals surface area contributed by atoms with Crippen LogP contribution in [0, 0.1) is 16.0 Å². The van der Waals surface area contributed by atoms with Gasteiger partial charge < -0.3 is 4.57 Å². The largest absolute Gasteiger partial charge is 0.308 e. The number of amides is 1. The summed E-state index contributed by atoms with van der Waals surface area (Å²) in [6, 6.07) is 4.51. The molecule has 0 fully saturated rings. The first-order valence-electron chi connectivity index (χ1n) is 8.59. The summed E-state index contributed by atoms with van der Waals surface area (Å²) in [5, 5.41) is 11.3. The van der Waals surface area contributed by atoms with Crippen LogP contribution in [0.3, 0.4) is 0 Å². The number of hydrogen-bond donors (Lipinski definition) is 1. The summed E-state index contributed by atoms with van der Waals surface area (Å²) in [6.45, 7) is 0. The number of rotatable bonds is 5. The molecule has 2 atom stereocenters. The molecule has 2 heterocycles. The van der Waals surface area contributed by atoms with Crippen molar-refractivity contribution in [1.82, 2.24) is 24.2 Å². The fraction of sp³-hybridized carbons (Fsp3) is 0.176. The summed E-state index contributed by atoms with van der Waals surface area (Å²) in [5.41, 5.74) is 0.289. The van der Waals surface area contributed by atoms with Gasteiger partial charge in [0.2, 0.25) is 5.91 Å². The average molecular weight is 449 g/mol. The minimum atomic E-state index is -4.42. The van der Waals surface area contributed by atoms with Crippen molar-refractivity contribution >= 4 is 44.4 Å². The van der Waals surface area contributed by atoms with Crippen LogP contribution in [-0.4, -0.2) is 38.8 Å². The Morgan fingerprint density at radius 3 is 2.77 bits per heavy atom. The zero-order chi connectivity index (χ0) is 21.5. The predicted molar refractivity (Wildman–Crippen MR) is 105 cm³/mol. The number of fused-ring (bicyclic) bond motifs is 1. The Morgan fingerprint density at radius 2 is 2.00 bits per heavy atom. The normalized spacial score (nSPS) is 18.6. The standard InChI is InChI=1S/C17H13ClN6O5S/c18-15-14-16(20-8-19-15)23(9-21-14)11-6-5-10(7-11)17(25)22-30(28,29)13-4-2-1-3-12(13)24(26)27/h1-6,8-11H,7H2,(H,22,25)/t10-,11+/m1/s1. The zero-order valence-electron chi connectivity index (χ0n) is 15.0. The molecule has 1 amide bonds. The molecule has 1 aromatic carbocycles. The lowest BCUT2D eigenvalue weighted by Crippen LogP contribution is -2.35. The molecule has 1 N–H and O–H groups in total. The number of hydrogen-bond acceptors (Lipinski definition) is 8. The van der Waals surface area contributed by atoms with Crippen LogP contribution in [0.25, 0.3) is 11.2 Å². The smallest absolute Gasteiger partial charge is 0.289 e. The van der Waals surface area contributed by atoms with Crippen molar-refractivity contribution < 1.29 is 18.1 Å². The van der Waals surface area contributed by atoms with Gasteiger partial charge in [-0.15, -0.1) is 0 Å². The molecule has 0 radical (unpaired) electrons. The van der Waals surface area contributed by atoms with Crippen molar-refractivity contribution in [3.05, 3.63) is 64.3 Å². The molecule has 0 unspecified atom stereocenters. The Hall–Kier alpha value is -3.38. The Morgan fingerprint density at radius 1 is 1.23 bits per heavy atom. The lowest BCUT2D eigenvalue weighted by molar-refractivity contribution is -0.387. The first kappa shape index (κ1) is 19.9. The maximum absolute atomic E-state index is 12.6. The van der Waals surface area contributed by atoms with E-state index in [0.29, 0.717) is 11.2 Å². The van der Waals surface area contributed by atoms with E-state index >= 15 is 0 Å². The summed E-state index contributed by atoms with van der Waals surface area (Å²) in [4.78, 5) is 34.5. The number of aromatic nitrogens is 4. The first-order valence-corrected chi connectivity index (χ1v) is 10.5. The number of nitrogens with one attached hydrogen (secondary N) is 1. The molecule has 11 nitrogen and oxygen atoms in total. The molecule has 0 aliphatic heterocycles. The third-order valence-corrected chi connectivity index (χ3v) is 6.33. The number of nitro groups is 1. The van der Waals surface area contributed by atoms with Crippen molar-refractivity contribution in [2.45, 2.75) is 17.4 Å². The molecule has 0 bridgehead atoms. The molecular formula is C17H13ClN6O5S. The summed E-state index contributed by atoms with van der Waals surface area (Å²) in [5.74, 6) is -1.55. The number of nitro benzene ring substituents is 1. The number of allylic oxidation sites excluding steroid dienone is 1. The number of sulfonamides is 1. The Labute approximate surface area is 174 Å². The van der Waals surface area contributed by atoms with E-state index in [0.717, 1.165) is 12.1 Å². The van der Waals surface area contributed by atoms with E-state index in [-0.39, 0.29) is 17.6 Å². The van der Waals surface area contributed by atoms with Gasteiger partial charge in [0, 0.05) is 6.07 Å². The number of halogens is 1. The van der Waals surface area contributed by atoms with Gasteiger partial charge in [-0.05, 0) is 12.5 Å². The van der Waals surface area contributed by atoms with Gasteiger partial charge in [0.25, 0.3) is 15.7 Å².